The Balaban J connectivity index is 1.76. The van der Waals surface area contributed by atoms with Gasteiger partial charge in [-0.1, -0.05) is 19.3 Å². The van der Waals surface area contributed by atoms with Crippen molar-refractivity contribution >= 4 is 22.7 Å². The van der Waals surface area contributed by atoms with Gasteiger partial charge in [-0.25, -0.2) is 4.79 Å². The number of benzene rings is 1. The normalized spacial score (nSPS) is 16.6. The molecule has 1 aromatic carbocycles. The molecule has 100 valence electrons. The number of amides is 1. The highest BCUT2D eigenvalue weighted by Crippen LogP contribution is 2.25. The highest BCUT2D eigenvalue weighted by Gasteiger charge is 2.21. The molecule has 0 aliphatic heterocycles. The number of oxazole rings is 1. The van der Waals surface area contributed by atoms with Crippen molar-refractivity contribution in [2.24, 2.45) is 5.92 Å². The van der Waals surface area contributed by atoms with Gasteiger partial charge in [0.25, 0.3) is 0 Å². The fourth-order valence-electron chi connectivity index (χ4n) is 2.64. The summed E-state index contributed by atoms with van der Waals surface area (Å²) in [7, 11) is 0. The monoisotopic (exact) mass is 260 g/mol. The Kier molecular flexibility index (Phi) is 3.11. The average Bonchev–Trinajstić information content (AvgIpc) is 2.79. The van der Waals surface area contributed by atoms with Crippen molar-refractivity contribution in [1.82, 2.24) is 4.98 Å². The Labute approximate surface area is 110 Å². The molecule has 0 unspecified atom stereocenters. The van der Waals surface area contributed by atoms with Crippen LogP contribution in [0.25, 0.3) is 11.1 Å². The van der Waals surface area contributed by atoms with E-state index >= 15 is 0 Å². The minimum atomic E-state index is -0.481. The number of hydrogen-bond donors (Lipinski definition) is 2. The van der Waals surface area contributed by atoms with E-state index in [0.29, 0.717) is 16.8 Å². The first-order chi connectivity index (χ1) is 9.22. The molecular formula is C14H16N2O3. The molecule has 3 rings (SSSR count). The fourth-order valence-corrected chi connectivity index (χ4v) is 2.64. The van der Waals surface area contributed by atoms with Crippen molar-refractivity contribution in [1.29, 1.82) is 0 Å². The number of rotatable bonds is 2. The Morgan fingerprint density at radius 2 is 2.05 bits per heavy atom. The molecule has 5 nitrogen and oxygen atoms in total. The predicted molar refractivity (Wildman–Crippen MR) is 72.0 cm³/mol. The van der Waals surface area contributed by atoms with Crippen LogP contribution in [0.4, 0.5) is 5.69 Å². The molecule has 1 aromatic heterocycles. The smallest absolute Gasteiger partial charge is 0.408 e. The molecule has 1 aliphatic rings. The van der Waals surface area contributed by atoms with Gasteiger partial charge >= 0.3 is 5.76 Å². The zero-order valence-electron chi connectivity index (χ0n) is 10.6. The first-order valence-electron chi connectivity index (χ1n) is 6.66. The maximum atomic E-state index is 12.1. The first kappa shape index (κ1) is 12.0. The minimum absolute atomic E-state index is 0.0740. The van der Waals surface area contributed by atoms with Gasteiger partial charge in [0.1, 0.15) is 0 Å². The van der Waals surface area contributed by atoms with Crippen molar-refractivity contribution in [3.8, 4) is 0 Å². The van der Waals surface area contributed by atoms with Crippen LogP contribution in [-0.2, 0) is 4.79 Å². The largest absolute Gasteiger partial charge is 0.417 e. The van der Waals surface area contributed by atoms with Crippen LogP contribution < -0.4 is 11.1 Å². The van der Waals surface area contributed by atoms with Crippen molar-refractivity contribution in [3.05, 3.63) is 28.7 Å². The summed E-state index contributed by atoms with van der Waals surface area (Å²) in [4.78, 5) is 25.7. The van der Waals surface area contributed by atoms with Crippen molar-refractivity contribution < 1.29 is 9.21 Å². The minimum Gasteiger partial charge on any atom is -0.408 e. The molecule has 1 amide bonds. The SMILES string of the molecule is O=C(Nc1ccc2oc(=O)[nH]c2c1)C1CCCCC1. The van der Waals surface area contributed by atoms with E-state index in [-0.39, 0.29) is 11.8 Å². The highest BCUT2D eigenvalue weighted by atomic mass is 16.4. The summed E-state index contributed by atoms with van der Waals surface area (Å²) in [6.07, 6.45) is 5.43. The van der Waals surface area contributed by atoms with E-state index in [2.05, 4.69) is 10.3 Å². The molecule has 0 bridgehead atoms. The van der Waals surface area contributed by atoms with Gasteiger partial charge in [0.05, 0.1) is 5.52 Å². The van der Waals surface area contributed by atoms with E-state index in [4.69, 9.17) is 4.42 Å². The van der Waals surface area contributed by atoms with Gasteiger partial charge in [-0.3, -0.25) is 9.78 Å². The Hall–Kier alpha value is -2.04. The number of hydrogen-bond acceptors (Lipinski definition) is 3. The Morgan fingerprint density at radius 1 is 1.26 bits per heavy atom. The lowest BCUT2D eigenvalue weighted by Gasteiger charge is -2.20. The van der Waals surface area contributed by atoms with Crippen LogP contribution in [0, 0.1) is 5.92 Å². The Morgan fingerprint density at radius 3 is 2.84 bits per heavy atom. The number of fused-ring (bicyclic) bond motifs is 1. The summed E-state index contributed by atoms with van der Waals surface area (Å²) in [6.45, 7) is 0. The molecule has 2 aromatic rings. The lowest BCUT2D eigenvalue weighted by molar-refractivity contribution is -0.120. The molecule has 1 aliphatic carbocycles. The highest BCUT2D eigenvalue weighted by molar-refractivity contribution is 5.94. The second kappa shape index (κ2) is 4.91. The van der Waals surface area contributed by atoms with Gasteiger partial charge in [0.2, 0.25) is 5.91 Å². The number of anilines is 1. The average molecular weight is 260 g/mol. The number of aromatic nitrogens is 1. The molecule has 19 heavy (non-hydrogen) atoms. The lowest BCUT2D eigenvalue weighted by Crippen LogP contribution is -2.24. The zero-order valence-corrected chi connectivity index (χ0v) is 10.6. The third-order valence-electron chi connectivity index (χ3n) is 3.66. The summed E-state index contributed by atoms with van der Waals surface area (Å²) in [6, 6.07) is 5.16. The summed E-state index contributed by atoms with van der Waals surface area (Å²) in [5.74, 6) is -0.288. The van der Waals surface area contributed by atoms with Gasteiger partial charge in [0, 0.05) is 11.6 Å². The summed E-state index contributed by atoms with van der Waals surface area (Å²) in [5.41, 5.74) is 1.80. The van der Waals surface area contributed by atoms with Crippen LogP contribution in [0.1, 0.15) is 32.1 Å². The van der Waals surface area contributed by atoms with Crippen LogP contribution in [0.3, 0.4) is 0 Å². The Bertz CT molecular complexity index is 650. The third-order valence-corrected chi connectivity index (χ3v) is 3.66. The molecule has 1 heterocycles. The van der Waals surface area contributed by atoms with Crippen LogP contribution in [0.2, 0.25) is 0 Å². The quantitative estimate of drug-likeness (QED) is 0.871. The number of nitrogens with one attached hydrogen (secondary N) is 2. The van der Waals surface area contributed by atoms with Gasteiger partial charge in [0.15, 0.2) is 5.58 Å². The number of carbonyl (C=O) groups excluding carboxylic acids is 1. The molecule has 0 saturated heterocycles. The van der Waals surface area contributed by atoms with Crippen molar-refractivity contribution in [2.75, 3.05) is 5.32 Å². The molecule has 0 spiro atoms. The van der Waals surface area contributed by atoms with E-state index in [9.17, 15) is 9.59 Å². The molecule has 1 fully saturated rings. The van der Waals surface area contributed by atoms with Crippen LogP contribution in [0.5, 0.6) is 0 Å². The van der Waals surface area contributed by atoms with Crippen molar-refractivity contribution in [3.63, 3.8) is 0 Å². The van der Waals surface area contributed by atoms with Crippen molar-refractivity contribution in [2.45, 2.75) is 32.1 Å². The van der Waals surface area contributed by atoms with E-state index < -0.39 is 5.76 Å². The number of aromatic amines is 1. The van der Waals surface area contributed by atoms with E-state index in [1.54, 1.807) is 18.2 Å². The van der Waals surface area contributed by atoms with E-state index in [1.165, 1.54) is 6.42 Å². The fraction of sp³-hybridized carbons (Fsp3) is 0.429. The van der Waals surface area contributed by atoms with Crippen LogP contribution in [0.15, 0.2) is 27.4 Å². The second-order valence-electron chi connectivity index (χ2n) is 5.05. The lowest BCUT2D eigenvalue weighted by atomic mass is 9.88. The molecular weight excluding hydrogens is 244 g/mol. The number of H-pyrrole nitrogens is 1. The standard InChI is InChI=1S/C14H16N2O3/c17-13(9-4-2-1-3-5-9)15-10-6-7-12-11(8-10)16-14(18)19-12/h6-9H,1-5H2,(H,15,17)(H,16,18). The molecule has 2 N–H and O–H groups in total. The van der Waals surface area contributed by atoms with Gasteiger partial charge < -0.3 is 9.73 Å². The molecule has 0 radical (unpaired) electrons. The first-order valence-corrected chi connectivity index (χ1v) is 6.66. The summed E-state index contributed by atoms with van der Waals surface area (Å²) in [5, 5.41) is 2.91. The molecule has 1 saturated carbocycles. The van der Waals surface area contributed by atoms with Gasteiger partial charge in [-0.15, -0.1) is 0 Å². The second-order valence-corrected chi connectivity index (χ2v) is 5.05. The summed E-state index contributed by atoms with van der Waals surface area (Å²) >= 11 is 0. The van der Waals surface area contributed by atoms with Gasteiger partial charge in [-0.05, 0) is 31.0 Å². The molecule has 5 heteroatoms. The van der Waals surface area contributed by atoms with E-state index in [1.807, 2.05) is 0 Å². The molecule has 0 atom stereocenters. The van der Waals surface area contributed by atoms with Gasteiger partial charge in [-0.2, -0.15) is 0 Å². The maximum Gasteiger partial charge on any atom is 0.417 e. The topological polar surface area (TPSA) is 75.1 Å². The predicted octanol–water partition coefficient (Wildman–Crippen LogP) is 2.64. The van der Waals surface area contributed by atoms with Crippen LogP contribution >= 0.6 is 0 Å². The zero-order chi connectivity index (χ0) is 13.2. The summed E-state index contributed by atoms with van der Waals surface area (Å²) < 4.78 is 4.92. The van der Waals surface area contributed by atoms with Crippen LogP contribution in [-0.4, -0.2) is 10.9 Å². The number of carbonyl (C=O) groups is 1. The van der Waals surface area contributed by atoms with E-state index in [0.717, 1.165) is 25.7 Å². The third kappa shape index (κ3) is 2.54. The maximum absolute atomic E-state index is 12.1.